The van der Waals surface area contributed by atoms with E-state index < -0.39 is 0 Å². The normalized spacial score (nSPS) is 26.6. The van der Waals surface area contributed by atoms with Crippen molar-refractivity contribution in [3.63, 3.8) is 0 Å². The second kappa shape index (κ2) is 6.58. The molecule has 0 aliphatic carbocycles. The van der Waals surface area contributed by atoms with E-state index in [9.17, 15) is 0 Å². The average molecular weight is 228 g/mol. The second-order valence-electron chi connectivity index (χ2n) is 5.58. The van der Waals surface area contributed by atoms with Gasteiger partial charge in [0.05, 0.1) is 6.61 Å². The lowest BCUT2D eigenvalue weighted by Gasteiger charge is -2.40. The Morgan fingerprint density at radius 1 is 1.44 bits per heavy atom. The fourth-order valence-corrected chi connectivity index (χ4v) is 2.56. The molecule has 3 heteroatoms. The molecular formula is C13H28N2O. The first kappa shape index (κ1) is 13.9. The third-order valence-corrected chi connectivity index (χ3v) is 3.47. The fraction of sp³-hybridized carbons (Fsp3) is 1.00. The van der Waals surface area contributed by atoms with Gasteiger partial charge in [0.25, 0.3) is 0 Å². The van der Waals surface area contributed by atoms with E-state index in [1.807, 2.05) is 0 Å². The van der Waals surface area contributed by atoms with Gasteiger partial charge in [-0.2, -0.15) is 0 Å². The molecule has 1 aliphatic heterocycles. The lowest BCUT2D eigenvalue weighted by atomic mass is 9.82. The summed E-state index contributed by atoms with van der Waals surface area (Å²) in [6.45, 7) is 12.7. The van der Waals surface area contributed by atoms with E-state index in [1.54, 1.807) is 0 Å². The zero-order valence-corrected chi connectivity index (χ0v) is 11.2. The number of nitrogens with zero attached hydrogens (tertiary/aromatic N) is 1. The molecular weight excluding hydrogens is 200 g/mol. The van der Waals surface area contributed by atoms with Gasteiger partial charge in [-0.25, -0.2) is 0 Å². The number of nitrogens with two attached hydrogens (primary N) is 1. The molecule has 1 heterocycles. The molecule has 0 spiro atoms. The van der Waals surface area contributed by atoms with E-state index in [-0.39, 0.29) is 5.41 Å². The van der Waals surface area contributed by atoms with Crippen LogP contribution in [-0.2, 0) is 4.74 Å². The molecule has 96 valence electrons. The molecule has 0 amide bonds. The summed E-state index contributed by atoms with van der Waals surface area (Å²) in [6, 6.07) is 0. The Labute approximate surface area is 100 Å². The Morgan fingerprint density at radius 3 is 2.62 bits per heavy atom. The summed E-state index contributed by atoms with van der Waals surface area (Å²) >= 11 is 0. The van der Waals surface area contributed by atoms with E-state index in [0.29, 0.717) is 0 Å². The molecule has 2 N–H and O–H groups in total. The fourth-order valence-electron chi connectivity index (χ4n) is 2.56. The van der Waals surface area contributed by atoms with Gasteiger partial charge in [0.1, 0.15) is 0 Å². The maximum Gasteiger partial charge on any atom is 0.0546 e. The largest absolute Gasteiger partial charge is 0.381 e. The van der Waals surface area contributed by atoms with Crippen LogP contribution in [-0.4, -0.2) is 44.3 Å². The zero-order valence-electron chi connectivity index (χ0n) is 11.2. The Kier molecular flexibility index (Phi) is 5.73. The van der Waals surface area contributed by atoms with Crippen molar-refractivity contribution in [3.05, 3.63) is 0 Å². The standard InChI is InChI=1S/C13H28N2O/c1-4-15(8-12(2)3)10-13(9-14)6-5-7-16-11-13/h12H,4-11,14H2,1-3H3. The molecule has 1 fully saturated rings. The summed E-state index contributed by atoms with van der Waals surface area (Å²) < 4.78 is 5.62. The van der Waals surface area contributed by atoms with Crippen molar-refractivity contribution >= 4 is 0 Å². The third kappa shape index (κ3) is 4.04. The molecule has 1 saturated heterocycles. The van der Waals surface area contributed by atoms with Gasteiger partial charge in [-0.05, 0) is 25.3 Å². The lowest BCUT2D eigenvalue weighted by molar-refractivity contribution is -0.0225. The summed E-state index contributed by atoms with van der Waals surface area (Å²) in [5.74, 6) is 0.722. The highest BCUT2D eigenvalue weighted by molar-refractivity contribution is 4.86. The van der Waals surface area contributed by atoms with Gasteiger partial charge < -0.3 is 15.4 Å². The van der Waals surface area contributed by atoms with Crippen LogP contribution in [0.15, 0.2) is 0 Å². The molecule has 1 atom stereocenters. The van der Waals surface area contributed by atoms with Gasteiger partial charge >= 0.3 is 0 Å². The first-order chi connectivity index (χ1) is 7.62. The molecule has 0 saturated carbocycles. The van der Waals surface area contributed by atoms with E-state index >= 15 is 0 Å². The highest BCUT2D eigenvalue weighted by Gasteiger charge is 2.33. The summed E-state index contributed by atoms with van der Waals surface area (Å²) in [5, 5.41) is 0. The third-order valence-electron chi connectivity index (χ3n) is 3.47. The highest BCUT2D eigenvalue weighted by Crippen LogP contribution is 2.28. The molecule has 1 rings (SSSR count). The van der Waals surface area contributed by atoms with E-state index in [1.165, 1.54) is 6.42 Å². The van der Waals surface area contributed by atoms with Gasteiger partial charge in [-0.15, -0.1) is 0 Å². The average Bonchev–Trinajstić information content (AvgIpc) is 2.29. The number of hydrogen-bond donors (Lipinski definition) is 1. The van der Waals surface area contributed by atoms with Gasteiger partial charge in [0, 0.05) is 31.7 Å². The van der Waals surface area contributed by atoms with Gasteiger partial charge in [0.15, 0.2) is 0 Å². The summed E-state index contributed by atoms with van der Waals surface area (Å²) in [4.78, 5) is 2.52. The van der Waals surface area contributed by atoms with Crippen LogP contribution in [0, 0.1) is 11.3 Å². The van der Waals surface area contributed by atoms with Crippen molar-refractivity contribution in [1.82, 2.24) is 4.90 Å². The summed E-state index contributed by atoms with van der Waals surface area (Å²) in [6.07, 6.45) is 2.38. The topological polar surface area (TPSA) is 38.5 Å². The minimum absolute atomic E-state index is 0.211. The Balaban J connectivity index is 2.51. The van der Waals surface area contributed by atoms with Crippen LogP contribution in [0.3, 0.4) is 0 Å². The molecule has 0 radical (unpaired) electrons. The van der Waals surface area contributed by atoms with E-state index in [0.717, 1.165) is 51.7 Å². The Hall–Kier alpha value is -0.120. The van der Waals surface area contributed by atoms with Crippen LogP contribution in [0.5, 0.6) is 0 Å². The minimum atomic E-state index is 0.211. The van der Waals surface area contributed by atoms with Crippen molar-refractivity contribution < 1.29 is 4.74 Å². The van der Waals surface area contributed by atoms with Crippen LogP contribution in [0.25, 0.3) is 0 Å². The predicted octanol–water partition coefficient (Wildman–Crippen LogP) is 1.72. The van der Waals surface area contributed by atoms with Crippen LogP contribution in [0.4, 0.5) is 0 Å². The Bertz CT molecular complexity index is 188. The van der Waals surface area contributed by atoms with Crippen molar-refractivity contribution in [2.75, 3.05) is 39.4 Å². The van der Waals surface area contributed by atoms with Gasteiger partial charge in [-0.1, -0.05) is 20.8 Å². The highest BCUT2D eigenvalue weighted by atomic mass is 16.5. The molecule has 0 aromatic heterocycles. The second-order valence-corrected chi connectivity index (χ2v) is 5.58. The number of hydrogen-bond acceptors (Lipinski definition) is 3. The number of ether oxygens (including phenoxy) is 1. The van der Waals surface area contributed by atoms with Crippen molar-refractivity contribution in [2.45, 2.75) is 33.6 Å². The zero-order chi connectivity index (χ0) is 12.0. The van der Waals surface area contributed by atoms with Gasteiger partial charge in [0.2, 0.25) is 0 Å². The first-order valence-corrected chi connectivity index (χ1v) is 6.62. The quantitative estimate of drug-likeness (QED) is 0.752. The molecule has 0 aromatic carbocycles. The van der Waals surface area contributed by atoms with Crippen LogP contribution < -0.4 is 5.73 Å². The summed E-state index contributed by atoms with van der Waals surface area (Å²) in [5.41, 5.74) is 6.18. The van der Waals surface area contributed by atoms with Crippen LogP contribution >= 0.6 is 0 Å². The molecule has 0 aromatic rings. The SMILES string of the molecule is CCN(CC(C)C)CC1(CN)CCCOC1. The monoisotopic (exact) mass is 228 g/mol. The maximum atomic E-state index is 5.97. The maximum absolute atomic E-state index is 5.97. The molecule has 3 nitrogen and oxygen atoms in total. The predicted molar refractivity (Wildman–Crippen MR) is 68.5 cm³/mol. The molecule has 1 unspecified atom stereocenters. The summed E-state index contributed by atoms with van der Waals surface area (Å²) in [7, 11) is 0. The van der Waals surface area contributed by atoms with E-state index in [4.69, 9.17) is 10.5 Å². The van der Waals surface area contributed by atoms with Crippen molar-refractivity contribution in [2.24, 2.45) is 17.1 Å². The van der Waals surface area contributed by atoms with Crippen molar-refractivity contribution in [3.8, 4) is 0 Å². The molecule has 1 aliphatic rings. The van der Waals surface area contributed by atoms with Crippen molar-refractivity contribution in [1.29, 1.82) is 0 Å². The Morgan fingerprint density at radius 2 is 2.19 bits per heavy atom. The number of rotatable bonds is 6. The molecule has 0 bridgehead atoms. The van der Waals surface area contributed by atoms with Crippen LogP contribution in [0.1, 0.15) is 33.6 Å². The van der Waals surface area contributed by atoms with Gasteiger partial charge in [-0.3, -0.25) is 0 Å². The molecule has 16 heavy (non-hydrogen) atoms. The minimum Gasteiger partial charge on any atom is -0.381 e. The first-order valence-electron chi connectivity index (χ1n) is 6.62. The lowest BCUT2D eigenvalue weighted by Crippen LogP contribution is -2.48. The van der Waals surface area contributed by atoms with Crippen LogP contribution in [0.2, 0.25) is 0 Å². The smallest absolute Gasteiger partial charge is 0.0546 e. The van der Waals surface area contributed by atoms with E-state index in [2.05, 4.69) is 25.7 Å².